The molecule has 3 N–H and O–H groups in total. The zero-order chi connectivity index (χ0) is 10.1. The standard InChI is InChI=1S/C11H8N2O/c1-2-7-5-11(14)13-10-6-8(12)3-4-9(7)10/h1,3-6H,12H2,(H,13,14). The molecule has 1 aromatic heterocycles. The van der Waals surface area contributed by atoms with Gasteiger partial charge in [-0.3, -0.25) is 4.79 Å². The van der Waals surface area contributed by atoms with E-state index in [9.17, 15) is 4.79 Å². The average Bonchev–Trinajstić information content (AvgIpc) is 2.15. The quantitative estimate of drug-likeness (QED) is 0.475. The molecule has 2 rings (SSSR count). The van der Waals surface area contributed by atoms with Gasteiger partial charge in [-0.1, -0.05) is 5.92 Å². The zero-order valence-electron chi connectivity index (χ0n) is 7.37. The van der Waals surface area contributed by atoms with Gasteiger partial charge in [-0.25, -0.2) is 0 Å². The minimum Gasteiger partial charge on any atom is -0.399 e. The molecule has 3 nitrogen and oxygen atoms in total. The fraction of sp³-hybridized carbons (Fsp3) is 0. The van der Waals surface area contributed by atoms with E-state index in [1.54, 1.807) is 18.2 Å². The van der Waals surface area contributed by atoms with E-state index in [0.29, 0.717) is 16.8 Å². The predicted molar refractivity (Wildman–Crippen MR) is 56.9 cm³/mol. The first-order valence-corrected chi connectivity index (χ1v) is 4.10. The van der Waals surface area contributed by atoms with Crippen molar-refractivity contribution in [2.24, 2.45) is 0 Å². The summed E-state index contributed by atoms with van der Waals surface area (Å²) in [4.78, 5) is 13.9. The number of anilines is 1. The molecule has 3 heteroatoms. The van der Waals surface area contributed by atoms with Gasteiger partial charge in [0, 0.05) is 22.7 Å². The van der Waals surface area contributed by atoms with Gasteiger partial charge in [0.1, 0.15) is 0 Å². The van der Waals surface area contributed by atoms with Crippen LogP contribution in [0.5, 0.6) is 0 Å². The highest BCUT2D eigenvalue weighted by Gasteiger charge is 2.00. The van der Waals surface area contributed by atoms with Gasteiger partial charge in [0.05, 0.1) is 5.52 Å². The first-order chi connectivity index (χ1) is 6.70. The van der Waals surface area contributed by atoms with Crippen LogP contribution < -0.4 is 11.3 Å². The lowest BCUT2D eigenvalue weighted by Crippen LogP contribution is -2.05. The highest BCUT2D eigenvalue weighted by Crippen LogP contribution is 2.16. The number of rotatable bonds is 0. The maximum Gasteiger partial charge on any atom is 0.249 e. The molecule has 0 fully saturated rings. The van der Waals surface area contributed by atoms with Gasteiger partial charge in [0.25, 0.3) is 0 Å². The van der Waals surface area contributed by atoms with Crippen LogP contribution in [0, 0.1) is 12.3 Å². The van der Waals surface area contributed by atoms with E-state index in [2.05, 4.69) is 10.9 Å². The van der Waals surface area contributed by atoms with Crippen molar-refractivity contribution in [3.05, 3.63) is 40.2 Å². The Morgan fingerprint density at radius 1 is 1.36 bits per heavy atom. The summed E-state index contributed by atoms with van der Waals surface area (Å²) in [6.07, 6.45) is 5.29. The number of pyridine rings is 1. The smallest absolute Gasteiger partial charge is 0.249 e. The van der Waals surface area contributed by atoms with Crippen molar-refractivity contribution in [1.82, 2.24) is 4.98 Å². The van der Waals surface area contributed by atoms with Crippen LogP contribution in [0.2, 0.25) is 0 Å². The molecule has 0 spiro atoms. The molecule has 1 heterocycles. The molecule has 0 aliphatic rings. The number of aromatic amines is 1. The second kappa shape index (κ2) is 2.93. The Morgan fingerprint density at radius 2 is 2.14 bits per heavy atom. The van der Waals surface area contributed by atoms with Crippen LogP contribution in [0.15, 0.2) is 29.1 Å². The normalized spacial score (nSPS) is 9.93. The van der Waals surface area contributed by atoms with Crippen molar-refractivity contribution in [3.8, 4) is 12.3 Å². The third-order valence-electron chi connectivity index (χ3n) is 2.02. The molecule has 0 radical (unpaired) electrons. The summed E-state index contributed by atoms with van der Waals surface area (Å²) in [6, 6.07) is 6.65. The van der Waals surface area contributed by atoms with Gasteiger partial charge in [0.2, 0.25) is 5.56 Å². The van der Waals surface area contributed by atoms with E-state index in [1.165, 1.54) is 6.07 Å². The number of benzene rings is 1. The van der Waals surface area contributed by atoms with Crippen LogP contribution in [0.25, 0.3) is 10.9 Å². The molecule has 0 bridgehead atoms. The Morgan fingerprint density at radius 3 is 2.86 bits per heavy atom. The topological polar surface area (TPSA) is 58.9 Å². The molecular weight excluding hydrogens is 176 g/mol. The third-order valence-corrected chi connectivity index (χ3v) is 2.02. The lowest BCUT2D eigenvalue weighted by Gasteiger charge is -2.01. The summed E-state index contributed by atoms with van der Waals surface area (Å²) in [7, 11) is 0. The molecular formula is C11H8N2O. The van der Waals surface area contributed by atoms with Crippen LogP contribution in [0.1, 0.15) is 5.56 Å². The van der Waals surface area contributed by atoms with Crippen molar-refractivity contribution >= 4 is 16.6 Å². The number of hydrogen-bond acceptors (Lipinski definition) is 2. The molecule has 68 valence electrons. The molecule has 0 unspecified atom stereocenters. The SMILES string of the molecule is C#Cc1cc(=O)[nH]c2cc(N)ccc12. The minimum absolute atomic E-state index is 0.212. The fourth-order valence-corrected chi connectivity index (χ4v) is 1.40. The van der Waals surface area contributed by atoms with Crippen molar-refractivity contribution in [3.63, 3.8) is 0 Å². The number of aromatic nitrogens is 1. The van der Waals surface area contributed by atoms with Gasteiger partial charge < -0.3 is 10.7 Å². The Hall–Kier alpha value is -2.21. The van der Waals surface area contributed by atoms with Gasteiger partial charge in [-0.2, -0.15) is 0 Å². The van der Waals surface area contributed by atoms with E-state index >= 15 is 0 Å². The molecule has 14 heavy (non-hydrogen) atoms. The molecule has 0 saturated heterocycles. The van der Waals surface area contributed by atoms with E-state index < -0.39 is 0 Å². The second-order valence-corrected chi connectivity index (χ2v) is 3.00. The number of nitrogens with two attached hydrogens (primary N) is 1. The van der Waals surface area contributed by atoms with Crippen LogP contribution in [0.3, 0.4) is 0 Å². The molecule has 0 amide bonds. The summed E-state index contributed by atoms with van der Waals surface area (Å²) in [5.41, 5.74) is 7.24. The monoisotopic (exact) mass is 184 g/mol. The molecule has 2 aromatic rings. The van der Waals surface area contributed by atoms with Crippen molar-refractivity contribution in [1.29, 1.82) is 0 Å². The number of fused-ring (bicyclic) bond motifs is 1. The lowest BCUT2D eigenvalue weighted by molar-refractivity contribution is 1.30. The largest absolute Gasteiger partial charge is 0.399 e. The number of hydrogen-bond donors (Lipinski definition) is 2. The Labute approximate surface area is 80.6 Å². The van der Waals surface area contributed by atoms with E-state index in [0.717, 1.165) is 5.39 Å². The highest BCUT2D eigenvalue weighted by atomic mass is 16.1. The number of terminal acetylenes is 1. The summed E-state index contributed by atoms with van der Waals surface area (Å²) in [5.74, 6) is 2.47. The lowest BCUT2D eigenvalue weighted by atomic mass is 10.1. The van der Waals surface area contributed by atoms with Gasteiger partial charge in [-0.05, 0) is 18.2 Å². The van der Waals surface area contributed by atoms with Crippen molar-refractivity contribution < 1.29 is 0 Å². The summed E-state index contributed by atoms with van der Waals surface area (Å²) in [5, 5.41) is 0.835. The Balaban J connectivity index is 2.97. The van der Waals surface area contributed by atoms with Gasteiger partial charge >= 0.3 is 0 Å². The van der Waals surface area contributed by atoms with Crippen LogP contribution >= 0.6 is 0 Å². The number of nitrogen functional groups attached to an aromatic ring is 1. The molecule has 0 aliphatic carbocycles. The number of nitrogens with one attached hydrogen (secondary N) is 1. The zero-order valence-corrected chi connectivity index (χ0v) is 7.37. The minimum atomic E-state index is -0.212. The maximum atomic E-state index is 11.2. The van der Waals surface area contributed by atoms with Crippen LogP contribution in [-0.4, -0.2) is 4.98 Å². The molecule has 1 aromatic carbocycles. The summed E-state index contributed by atoms with van der Waals surface area (Å²) in [6.45, 7) is 0. The Bertz CT molecular complexity index is 590. The first-order valence-electron chi connectivity index (χ1n) is 4.10. The maximum absolute atomic E-state index is 11.2. The van der Waals surface area contributed by atoms with Crippen molar-refractivity contribution in [2.75, 3.05) is 5.73 Å². The summed E-state index contributed by atoms with van der Waals surface area (Å²) < 4.78 is 0. The second-order valence-electron chi connectivity index (χ2n) is 3.00. The van der Waals surface area contributed by atoms with Crippen LogP contribution in [0.4, 0.5) is 5.69 Å². The highest BCUT2D eigenvalue weighted by molar-refractivity contribution is 5.86. The van der Waals surface area contributed by atoms with Gasteiger partial charge in [0.15, 0.2) is 0 Å². The van der Waals surface area contributed by atoms with E-state index in [4.69, 9.17) is 12.2 Å². The molecule has 0 aliphatic heterocycles. The average molecular weight is 184 g/mol. The third kappa shape index (κ3) is 1.23. The number of H-pyrrole nitrogens is 1. The van der Waals surface area contributed by atoms with Gasteiger partial charge in [-0.15, -0.1) is 6.42 Å². The van der Waals surface area contributed by atoms with E-state index in [-0.39, 0.29) is 5.56 Å². The first kappa shape index (κ1) is 8.39. The fourth-order valence-electron chi connectivity index (χ4n) is 1.40. The molecule has 0 saturated carbocycles. The Kier molecular flexibility index (Phi) is 1.76. The molecule has 0 atom stereocenters. The van der Waals surface area contributed by atoms with Crippen molar-refractivity contribution in [2.45, 2.75) is 0 Å². The predicted octanol–water partition coefficient (Wildman–Crippen LogP) is 1.09. The summed E-state index contributed by atoms with van der Waals surface area (Å²) >= 11 is 0. The van der Waals surface area contributed by atoms with Crippen LogP contribution in [-0.2, 0) is 0 Å². The van der Waals surface area contributed by atoms with E-state index in [1.807, 2.05) is 0 Å².